The number of rotatable bonds is 6. The Kier molecular flexibility index (Phi) is 5.30. The second kappa shape index (κ2) is 7.19. The third kappa shape index (κ3) is 3.80. The molecular formula is C15H18N2O3S. The number of thiocarbonyl (C=S) groups is 1. The Morgan fingerprint density at radius 3 is 2.90 bits per heavy atom. The van der Waals surface area contributed by atoms with Crippen molar-refractivity contribution in [1.29, 1.82) is 0 Å². The predicted molar refractivity (Wildman–Crippen MR) is 84.6 cm³/mol. The number of ether oxygens (including phenoxy) is 1. The van der Waals surface area contributed by atoms with E-state index >= 15 is 0 Å². The molecule has 1 aromatic carbocycles. The molecular weight excluding hydrogens is 288 g/mol. The Labute approximate surface area is 129 Å². The Morgan fingerprint density at radius 1 is 1.43 bits per heavy atom. The number of carbonyl (C=O) groups is 1. The number of hydrogen-bond donors (Lipinski definition) is 2. The third-order valence-electron chi connectivity index (χ3n) is 3.07. The molecule has 1 aliphatic heterocycles. The Morgan fingerprint density at radius 2 is 2.19 bits per heavy atom. The highest BCUT2D eigenvalue weighted by atomic mass is 32.1. The lowest BCUT2D eigenvalue weighted by molar-refractivity contribution is -0.122. The number of phenols is 1. The number of amides is 1. The Balaban J connectivity index is 2.06. The van der Waals surface area contributed by atoms with E-state index in [1.807, 2.05) is 6.92 Å². The highest BCUT2D eigenvalue weighted by Crippen LogP contribution is 2.21. The molecule has 2 rings (SSSR count). The van der Waals surface area contributed by atoms with Crippen molar-refractivity contribution >= 4 is 29.3 Å². The van der Waals surface area contributed by atoms with Crippen LogP contribution < -0.4 is 5.32 Å². The summed E-state index contributed by atoms with van der Waals surface area (Å²) < 4.78 is 5.25. The molecule has 1 saturated heterocycles. The number of nitrogens with one attached hydrogen (secondary N) is 1. The van der Waals surface area contributed by atoms with Gasteiger partial charge in [0.15, 0.2) is 5.11 Å². The van der Waals surface area contributed by atoms with E-state index in [1.54, 1.807) is 30.3 Å². The Bertz CT molecular complexity index is 572. The molecule has 2 N–H and O–H groups in total. The fourth-order valence-electron chi connectivity index (χ4n) is 2.01. The molecule has 0 radical (unpaired) electrons. The van der Waals surface area contributed by atoms with Crippen molar-refractivity contribution in [3.63, 3.8) is 0 Å². The van der Waals surface area contributed by atoms with Gasteiger partial charge < -0.3 is 15.2 Å². The molecule has 1 aliphatic rings. The van der Waals surface area contributed by atoms with Crippen LogP contribution in [-0.2, 0) is 9.53 Å². The maximum atomic E-state index is 12.3. The number of aromatic hydroxyl groups is 1. The number of para-hydroxylation sites is 1. The zero-order valence-corrected chi connectivity index (χ0v) is 12.7. The molecule has 0 saturated carbocycles. The van der Waals surface area contributed by atoms with Crippen LogP contribution in [0.15, 0.2) is 30.0 Å². The fourth-order valence-corrected chi connectivity index (χ4v) is 2.29. The van der Waals surface area contributed by atoms with E-state index in [9.17, 15) is 9.90 Å². The molecule has 21 heavy (non-hydrogen) atoms. The summed E-state index contributed by atoms with van der Waals surface area (Å²) in [6, 6.07) is 6.83. The van der Waals surface area contributed by atoms with Crippen LogP contribution >= 0.6 is 12.2 Å². The molecule has 1 fully saturated rings. The number of carbonyl (C=O) groups excluding carboxylic acids is 1. The van der Waals surface area contributed by atoms with E-state index in [4.69, 9.17) is 17.0 Å². The first-order valence-electron chi connectivity index (χ1n) is 6.83. The van der Waals surface area contributed by atoms with E-state index in [0.717, 1.165) is 6.42 Å². The summed E-state index contributed by atoms with van der Waals surface area (Å²) in [6.45, 7) is 3.71. The minimum atomic E-state index is -0.181. The topological polar surface area (TPSA) is 61.8 Å². The summed E-state index contributed by atoms with van der Waals surface area (Å²) in [7, 11) is 0. The van der Waals surface area contributed by atoms with Gasteiger partial charge in [0.2, 0.25) is 0 Å². The number of benzene rings is 1. The average molecular weight is 306 g/mol. The largest absolute Gasteiger partial charge is 0.507 e. The van der Waals surface area contributed by atoms with Gasteiger partial charge in [0.25, 0.3) is 5.91 Å². The average Bonchev–Trinajstić information content (AvgIpc) is 2.73. The minimum Gasteiger partial charge on any atom is -0.507 e. The van der Waals surface area contributed by atoms with Gasteiger partial charge in [-0.25, -0.2) is 0 Å². The van der Waals surface area contributed by atoms with Gasteiger partial charge in [-0.15, -0.1) is 0 Å². The van der Waals surface area contributed by atoms with Crippen molar-refractivity contribution < 1.29 is 14.6 Å². The molecule has 0 unspecified atom stereocenters. The van der Waals surface area contributed by atoms with E-state index in [0.29, 0.717) is 36.1 Å². The van der Waals surface area contributed by atoms with E-state index in [2.05, 4.69) is 5.32 Å². The Hall–Kier alpha value is -1.92. The minimum absolute atomic E-state index is 0.125. The van der Waals surface area contributed by atoms with Crippen LogP contribution in [0.2, 0.25) is 0 Å². The molecule has 112 valence electrons. The molecule has 1 aromatic rings. The van der Waals surface area contributed by atoms with Crippen molar-refractivity contribution in [3.05, 3.63) is 35.5 Å². The summed E-state index contributed by atoms with van der Waals surface area (Å²) in [5.41, 5.74) is 0.949. The second-order valence-corrected chi connectivity index (χ2v) is 4.94. The lowest BCUT2D eigenvalue weighted by Gasteiger charge is -2.13. The van der Waals surface area contributed by atoms with Crippen molar-refractivity contribution in [2.45, 2.75) is 13.3 Å². The molecule has 0 atom stereocenters. The summed E-state index contributed by atoms with van der Waals surface area (Å²) in [5, 5.41) is 13.0. The van der Waals surface area contributed by atoms with Gasteiger partial charge in [-0.3, -0.25) is 9.69 Å². The number of nitrogens with zero attached hydrogens (tertiary/aromatic N) is 1. The van der Waals surface area contributed by atoms with Crippen molar-refractivity contribution in [1.82, 2.24) is 10.2 Å². The SMILES string of the molecule is CCOCCCN1C(=O)C(=Cc2ccccc2O)NC1=S. The highest BCUT2D eigenvalue weighted by Gasteiger charge is 2.30. The summed E-state index contributed by atoms with van der Waals surface area (Å²) in [4.78, 5) is 13.8. The fraction of sp³-hybridized carbons (Fsp3) is 0.333. The van der Waals surface area contributed by atoms with E-state index in [-0.39, 0.29) is 11.7 Å². The molecule has 5 nitrogen and oxygen atoms in total. The van der Waals surface area contributed by atoms with Gasteiger partial charge >= 0.3 is 0 Å². The summed E-state index contributed by atoms with van der Waals surface area (Å²) in [6.07, 6.45) is 2.33. The standard InChI is InChI=1S/C15H18N2O3S/c1-2-20-9-5-8-17-14(19)12(16-15(17)21)10-11-6-3-4-7-13(11)18/h3-4,6-7,10,18H,2,5,8-9H2,1H3,(H,16,21). The number of phenolic OH excluding ortho intramolecular Hbond substituents is 1. The molecule has 1 amide bonds. The molecule has 0 spiro atoms. The first-order chi connectivity index (χ1) is 10.1. The van der Waals surface area contributed by atoms with Gasteiger partial charge in [0.05, 0.1) is 0 Å². The van der Waals surface area contributed by atoms with Crippen LogP contribution in [-0.4, -0.2) is 40.8 Å². The van der Waals surface area contributed by atoms with Gasteiger partial charge in [-0.05, 0) is 37.7 Å². The van der Waals surface area contributed by atoms with Crippen molar-refractivity contribution in [2.75, 3.05) is 19.8 Å². The van der Waals surface area contributed by atoms with Crippen LogP contribution in [0.25, 0.3) is 6.08 Å². The quantitative estimate of drug-likeness (QED) is 0.477. The molecule has 0 bridgehead atoms. The second-order valence-electron chi connectivity index (χ2n) is 4.55. The molecule has 0 aromatic heterocycles. The molecule has 6 heteroatoms. The maximum absolute atomic E-state index is 12.3. The lowest BCUT2D eigenvalue weighted by Crippen LogP contribution is -2.32. The summed E-state index contributed by atoms with van der Waals surface area (Å²) >= 11 is 5.17. The third-order valence-corrected chi connectivity index (χ3v) is 3.40. The summed E-state index contributed by atoms with van der Waals surface area (Å²) in [5.74, 6) is -0.0555. The monoisotopic (exact) mass is 306 g/mol. The van der Waals surface area contributed by atoms with Gasteiger partial charge in [-0.1, -0.05) is 18.2 Å². The number of hydrogen-bond acceptors (Lipinski definition) is 4. The molecule has 0 aliphatic carbocycles. The van der Waals surface area contributed by atoms with Crippen LogP contribution in [0.5, 0.6) is 5.75 Å². The smallest absolute Gasteiger partial charge is 0.276 e. The van der Waals surface area contributed by atoms with E-state index in [1.165, 1.54) is 4.90 Å². The predicted octanol–water partition coefficient (Wildman–Crippen LogP) is 1.88. The maximum Gasteiger partial charge on any atom is 0.276 e. The van der Waals surface area contributed by atoms with E-state index < -0.39 is 0 Å². The highest BCUT2D eigenvalue weighted by molar-refractivity contribution is 7.80. The van der Waals surface area contributed by atoms with Crippen molar-refractivity contribution in [3.8, 4) is 5.75 Å². The first kappa shape index (κ1) is 15.5. The zero-order chi connectivity index (χ0) is 15.2. The van der Waals surface area contributed by atoms with Gasteiger partial charge in [-0.2, -0.15) is 0 Å². The van der Waals surface area contributed by atoms with Crippen molar-refractivity contribution in [2.24, 2.45) is 0 Å². The van der Waals surface area contributed by atoms with Gasteiger partial charge in [0, 0.05) is 25.3 Å². The van der Waals surface area contributed by atoms with Crippen LogP contribution in [0, 0.1) is 0 Å². The first-order valence-corrected chi connectivity index (χ1v) is 7.24. The van der Waals surface area contributed by atoms with Crippen LogP contribution in [0.4, 0.5) is 0 Å². The normalized spacial score (nSPS) is 16.6. The molecule has 1 heterocycles. The van der Waals surface area contributed by atoms with Crippen LogP contribution in [0.3, 0.4) is 0 Å². The lowest BCUT2D eigenvalue weighted by atomic mass is 10.1. The van der Waals surface area contributed by atoms with Crippen LogP contribution in [0.1, 0.15) is 18.9 Å². The zero-order valence-electron chi connectivity index (χ0n) is 11.8. The van der Waals surface area contributed by atoms with Gasteiger partial charge in [0.1, 0.15) is 11.4 Å².